The SMILES string of the molecule is COc1ccc(CC(=O)Nc2ccccc2N2CCCCCC2)c(OC)c1. The van der Waals surface area contributed by atoms with Crippen LogP contribution >= 0.6 is 0 Å². The highest BCUT2D eigenvalue weighted by atomic mass is 16.5. The third-order valence-corrected chi connectivity index (χ3v) is 4.97. The average molecular weight is 368 g/mol. The lowest BCUT2D eigenvalue weighted by Gasteiger charge is -2.25. The predicted octanol–water partition coefficient (Wildman–Crippen LogP) is 4.27. The highest BCUT2D eigenvalue weighted by molar-refractivity contribution is 5.95. The smallest absolute Gasteiger partial charge is 0.228 e. The van der Waals surface area contributed by atoms with Gasteiger partial charge in [-0.3, -0.25) is 4.79 Å². The Morgan fingerprint density at radius 3 is 2.44 bits per heavy atom. The number of hydrogen-bond donors (Lipinski definition) is 1. The summed E-state index contributed by atoms with van der Waals surface area (Å²) in [5, 5.41) is 3.09. The number of amides is 1. The zero-order chi connectivity index (χ0) is 19.1. The largest absolute Gasteiger partial charge is 0.497 e. The minimum atomic E-state index is -0.0549. The van der Waals surface area contributed by atoms with Crippen LogP contribution in [0.5, 0.6) is 11.5 Å². The molecular weight excluding hydrogens is 340 g/mol. The van der Waals surface area contributed by atoms with Crippen LogP contribution in [0.3, 0.4) is 0 Å². The molecule has 2 aromatic rings. The van der Waals surface area contributed by atoms with Crippen molar-refractivity contribution in [2.75, 3.05) is 37.5 Å². The Kier molecular flexibility index (Phi) is 6.58. The van der Waals surface area contributed by atoms with Crippen LogP contribution in [-0.4, -0.2) is 33.2 Å². The number of rotatable bonds is 6. The molecule has 1 amide bonds. The molecule has 0 unspecified atom stereocenters. The molecule has 5 heteroatoms. The van der Waals surface area contributed by atoms with E-state index in [9.17, 15) is 4.79 Å². The number of nitrogens with zero attached hydrogens (tertiary/aromatic N) is 1. The molecule has 5 nitrogen and oxygen atoms in total. The van der Waals surface area contributed by atoms with Gasteiger partial charge in [-0.25, -0.2) is 0 Å². The maximum absolute atomic E-state index is 12.7. The number of methoxy groups -OCH3 is 2. The van der Waals surface area contributed by atoms with Crippen molar-refractivity contribution in [3.63, 3.8) is 0 Å². The van der Waals surface area contributed by atoms with Gasteiger partial charge in [0, 0.05) is 24.7 Å². The van der Waals surface area contributed by atoms with Crippen LogP contribution in [0.15, 0.2) is 42.5 Å². The summed E-state index contributed by atoms with van der Waals surface area (Å²) >= 11 is 0. The molecule has 1 saturated heterocycles. The number of para-hydroxylation sites is 2. The zero-order valence-electron chi connectivity index (χ0n) is 16.2. The molecule has 0 aromatic heterocycles. The average Bonchev–Trinajstić information content (AvgIpc) is 2.98. The first-order valence-corrected chi connectivity index (χ1v) is 9.56. The molecule has 144 valence electrons. The van der Waals surface area contributed by atoms with Gasteiger partial charge in [0.1, 0.15) is 11.5 Å². The van der Waals surface area contributed by atoms with E-state index in [1.54, 1.807) is 20.3 Å². The zero-order valence-corrected chi connectivity index (χ0v) is 16.2. The Labute approximate surface area is 161 Å². The molecule has 2 aromatic carbocycles. The van der Waals surface area contributed by atoms with Crippen molar-refractivity contribution < 1.29 is 14.3 Å². The minimum absolute atomic E-state index is 0.0549. The van der Waals surface area contributed by atoms with Crippen molar-refractivity contribution in [1.82, 2.24) is 0 Å². The molecule has 1 aliphatic heterocycles. The van der Waals surface area contributed by atoms with Gasteiger partial charge in [-0.05, 0) is 31.0 Å². The Morgan fingerprint density at radius 1 is 1.00 bits per heavy atom. The van der Waals surface area contributed by atoms with Crippen LogP contribution in [0.4, 0.5) is 11.4 Å². The van der Waals surface area contributed by atoms with Crippen molar-refractivity contribution in [2.45, 2.75) is 32.1 Å². The van der Waals surface area contributed by atoms with Gasteiger partial charge in [0.05, 0.1) is 32.0 Å². The van der Waals surface area contributed by atoms with Gasteiger partial charge in [-0.2, -0.15) is 0 Å². The molecule has 1 aliphatic rings. The van der Waals surface area contributed by atoms with Crippen LogP contribution in [0.2, 0.25) is 0 Å². The number of carbonyl (C=O) groups is 1. The third-order valence-electron chi connectivity index (χ3n) is 4.97. The predicted molar refractivity (Wildman–Crippen MR) is 109 cm³/mol. The summed E-state index contributed by atoms with van der Waals surface area (Å²) in [6.07, 6.45) is 5.21. The van der Waals surface area contributed by atoms with Crippen molar-refractivity contribution in [2.24, 2.45) is 0 Å². The topological polar surface area (TPSA) is 50.8 Å². The highest BCUT2D eigenvalue weighted by Crippen LogP contribution is 2.29. The second kappa shape index (κ2) is 9.31. The number of ether oxygens (including phenoxy) is 2. The Balaban J connectivity index is 1.73. The molecular formula is C22H28N2O3. The van der Waals surface area contributed by atoms with Crippen LogP contribution in [0.25, 0.3) is 0 Å². The molecule has 0 spiro atoms. The quantitative estimate of drug-likeness (QED) is 0.827. The summed E-state index contributed by atoms with van der Waals surface area (Å²) in [7, 11) is 3.21. The lowest BCUT2D eigenvalue weighted by Crippen LogP contribution is -2.26. The molecule has 0 saturated carbocycles. The van der Waals surface area contributed by atoms with Crippen molar-refractivity contribution in [3.8, 4) is 11.5 Å². The summed E-state index contributed by atoms with van der Waals surface area (Å²) in [5.74, 6) is 1.31. The number of nitrogens with one attached hydrogen (secondary N) is 1. The summed E-state index contributed by atoms with van der Waals surface area (Å²) < 4.78 is 10.6. The fourth-order valence-corrected chi connectivity index (χ4v) is 3.53. The van der Waals surface area contributed by atoms with E-state index in [1.807, 2.05) is 30.3 Å². The van der Waals surface area contributed by atoms with Gasteiger partial charge in [-0.15, -0.1) is 0 Å². The van der Waals surface area contributed by atoms with Gasteiger partial charge >= 0.3 is 0 Å². The van der Waals surface area contributed by atoms with E-state index in [1.165, 1.54) is 25.7 Å². The second-order valence-electron chi connectivity index (χ2n) is 6.82. The van der Waals surface area contributed by atoms with Crippen molar-refractivity contribution in [3.05, 3.63) is 48.0 Å². The fraction of sp³-hybridized carbons (Fsp3) is 0.409. The standard InChI is InChI=1S/C22H28N2O3/c1-26-18-12-11-17(21(16-18)27-2)15-22(25)23-19-9-5-6-10-20(19)24-13-7-3-4-8-14-24/h5-6,9-12,16H,3-4,7-8,13-15H2,1-2H3,(H,23,25). The Bertz CT molecular complexity index is 768. The Hall–Kier alpha value is -2.69. The third kappa shape index (κ3) is 4.94. The van der Waals surface area contributed by atoms with E-state index in [0.29, 0.717) is 11.5 Å². The maximum Gasteiger partial charge on any atom is 0.228 e. The number of carbonyl (C=O) groups excluding carboxylic acids is 1. The van der Waals surface area contributed by atoms with Crippen molar-refractivity contribution >= 4 is 17.3 Å². The number of benzene rings is 2. The van der Waals surface area contributed by atoms with Gasteiger partial charge in [0.2, 0.25) is 5.91 Å². The molecule has 0 atom stereocenters. The molecule has 0 radical (unpaired) electrons. The molecule has 1 N–H and O–H groups in total. The molecule has 1 heterocycles. The van der Waals surface area contributed by atoms with Gasteiger partial charge in [0.15, 0.2) is 0 Å². The van der Waals surface area contributed by atoms with E-state index in [2.05, 4.69) is 16.3 Å². The first-order valence-electron chi connectivity index (χ1n) is 9.56. The van der Waals surface area contributed by atoms with E-state index in [0.717, 1.165) is 30.0 Å². The normalized spacial score (nSPS) is 14.4. The maximum atomic E-state index is 12.7. The number of anilines is 2. The fourth-order valence-electron chi connectivity index (χ4n) is 3.53. The van der Waals surface area contributed by atoms with Crippen LogP contribution < -0.4 is 19.7 Å². The van der Waals surface area contributed by atoms with E-state index >= 15 is 0 Å². The molecule has 27 heavy (non-hydrogen) atoms. The van der Waals surface area contributed by atoms with Gasteiger partial charge in [-0.1, -0.05) is 31.0 Å². The van der Waals surface area contributed by atoms with E-state index < -0.39 is 0 Å². The van der Waals surface area contributed by atoms with Crippen molar-refractivity contribution in [1.29, 1.82) is 0 Å². The van der Waals surface area contributed by atoms with E-state index in [4.69, 9.17) is 9.47 Å². The monoisotopic (exact) mass is 368 g/mol. The lowest BCUT2D eigenvalue weighted by atomic mass is 10.1. The summed E-state index contributed by atoms with van der Waals surface area (Å²) in [4.78, 5) is 15.1. The Morgan fingerprint density at radius 2 is 1.74 bits per heavy atom. The number of hydrogen-bond acceptors (Lipinski definition) is 4. The van der Waals surface area contributed by atoms with Gasteiger partial charge < -0.3 is 19.7 Å². The second-order valence-corrected chi connectivity index (χ2v) is 6.82. The van der Waals surface area contributed by atoms with Gasteiger partial charge in [0.25, 0.3) is 0 Å². The summed E-state index contributed by atoms with van der Waals surface area (Å²) in [6, 6.07) is 13.6. The summed E-state index contributed by atoms with van der Waals surface area (Å²) in [6.45, 7) is 2.08. The van der Waals surface area contributed by atoms with Crippen LogP contribution in [0.1, 0.15) is 31.2 Å². The first kappa shape index (κ1) is 19.1. The van der Waals surface area contributed by atoms with Crippen LogP contribution in [-0.2, 0) is 11.2 Å². The molecule has 0 bridgehead atoms. The van der Waals surface area contributed by atoms with Crippen LogP contribution in [0, 0.1) is 0 Å². The van der Waals surface area contributed by atoms with E-state index in [-0.39, 0.29) is 12.3 Å². The molecule has 1 fully saturated rings. The molecule has 0 aliphatic carbocycles. The summed E-state index contributed by atoms with van der Waals surface area (Å²) in [5.41, 5.74) is 2.81. The molecule has 3 rings (SSSR count). The minimum Gasteiger partial charge on any atom is -0.497 e. The lowest BCUT2D eigenvalue weighted by molar-refractivity contribution is -0.115. The highest BCUT2D eigenvalue weighted by Gasteiger charge is 2.16. The first-order chi connectivity index (χ1) is 13.2.